The molecule has 2 N–H and O–H groups in total. The summed E-state index contributed by atoms with van der Waals surface area (Å²) in [5.41, 5.74) is 0.482. The van der Waals surface area contributed by atoms with E-state index >= 15 is 0 Å². The molecule has 2 bridgehead atoms. The molecule has 31 heavy (non-hydrogen) atoms. The Kier molecular flexibility index (Phi) is 6.25. The second-order valence-corrected chi connectivity index (χ2v) is 10.3. The number of para-hydroxylation sites is 1. The number of aliphatic hydroxyl groups excluding tert-OH is 1. The Bertz CT molecular complexity index is 898. The standard InChI is InChI=1S/C22H27ClN2O5S/c1-3-30-21(29)16-15-11-12(2)22(31-15)17(16)20(28)25(9-6-10-26)18(22)19(27)24-14-8-5-4-7-13(14)23/h4-5,7-8,12,15-18,26H,3,6,9-11H2,1-2H3,(H,24,27)/t12?,15-,16+,17-,18?,22?/m0/s1. The maximum Gasteiger partial charge on any atom is 0.310 e. The van der Waals surface area contributed by atoms with E-state index in [1.807, 2.05) is 0 Å². The van der Waals surface area contributed by atoms with Crippen LogP contribution in [0.25, 0.3) is 0 Å². The summed E-state index contributed by atoms with van der Waals surface area (Å²) >= 11 is 7.84. The summed E-state index contributed by atoms with van der Waals surface area (Å²) in [5, 5.41) is 12.6. The van der Waals surface area contributed by atoms with Gasteiger partial charge in [-0.3, -0.25) is 14.4 Å². The number of amides is 2. The maximum absolute atomic E-state index is 13.6. The summed E-state index contributed by atoms with van der Waals surface area (Å²) in [7, 11) is 0. The van der Waals surface area contributed by atoms with Crippen molar-refractivity contribution in [1.82, 2.24) is 4.90 Å². The Hall–Kier alpha value is -1.77. The van der Waals surface area contributed by atoms with Gasteiger partial charge in [0, 0.05) is 18.4 Å². The van der Waals surface area contributed by atoms with Crippen molar-refractivity contribution < 1.29 is 24.2 Å². The van der Waals surface area contributed by atoms with Gasteiger partial charge in [0.1, 0.15) is 6.04 Å². The molecule has 0 radical (unpaired) electrons. The van der Waals surface area contributed by atoms with Gasteiger partial charge in [-0.05, 0) is 37.8 Å². The number of esters is 1. The van der Waals surface area contributed by atoms with E-state index in [2.05, 4.69) is 12.2 Å². The molecule has 7 nitrogen and oxygen atoms in total. The number of nitrogens with zero attached hydrogens (tertiary/aromatic N) is 1. The Labute approximate surface area is 190 Å². The minimum atomic E-state index is -0.753. The molecular weight excluding hydrogens is 440 g/mol. The number of halogens is 1. The van der Waals surface area contributed by atoms with Gasteiger partial charge in [-0.25, -0.2) is 0 Å². The van der Waals surface area contributed by atoms with Crippen molar-refractivity contribution >= 4 is 46.8 Å². The summed E-state index contributed by atoms with van der Waals surface area (Å²) in [5.74, 6) is -1.96. The summed E-state index contributed by atoms with van der Waals surface area (Å²) < 4.78 is 4.60. The highest BCUT2D eigenvalue weighted by Crippen LogP contribution is 2.68. The highest BCUT2D eigenvalue weighted by Gasteiger charge is 2.76. The van der Waals surface area contributed by atoms with E-state index in [1.165, 1.54) is 0 Å². The minimum absolute atomic E-state index is 0.0430. The van der Waals surface area contributed by atoms with Crippen LogP contribution in [0.5, 0.6) is 0 Å². The smallest absolute Gasteiger partial charge is 0.310 e. The van der Waals surface area contributed by atoms with Crippen LogP contribution in [0.3, 0.4) is 0 Å². The van der Waals surface area contributed by atoms with E-state index in [-0.39, 0.29) is 48.7 Å². The molecule has 9 heteroatoms. The van der Waals surface area contributed by atoms with E-state index in [9.17, 15) is 19.5 Å². The monoisotopic (exact) mass is 466 g/mol. The lowest BCUT2D eigenvalue weighted by Crippen LogP contribution is -2.54. The van der Waals surface area contributed by atoms with Crippen LogP contribution >= 0.6 is 23.4 Å². The number of fused-ring (bicyclic) bond motifs is 1. The van der Waals surface area contributed by atoms with Crippen LogP contribution in [-0.4, -0.2) is 63.6 Å². The topological polar surface area (TPSA) is 95.9 Å². The predicted octanol–water partition coefficient (Wildman–Crippen LogP) is 2.56. The van der Waals surface area contributed by atoms with Crippen molar-refractivity contribution in [3.63, 3.8) is 0 Å². The lowest BCUT2D eigenvalue weighted by molar-refractivity contribution is -0.154. The van der Waals surface area contributed by atoms with E-state index in [1.54, 1.807) is 47.9 Å². The van der Waals surface area contributed by atoms with Crippen LogP contribution < -0.4 is 5.32 Å². The number of hydrogen-bond donors (Lipinski definition) is 2. The normalized spacial score (nSPS) is 33.5. The average molecular weight is 467 g/mol. The minimum Gasteiger partial charge on any atom is -0.466 e. The third-order valence-electron chi connectivity index (χ3n) is 6.74. The molecule has 0 aliphatic carbocycles. The lowest BCUT2D eigenvalue weighted by atomic mass is 9.66. The summed E-state index contributed by atoms with van der Waals surface area (Å²) in [6, 6.07) is 6.21. The number of nitrogens with one attached hydrogen (secondary N) is 1. The molecule has 3 aliphatic heterocycles. The van der Waals surface area contributed by atoms with E-state index < -0.39 is 22.6 Å². The first-order valence-electron chi connectivity index (χ1n) is 10.7. The van der Waals surface area contributed by atoms with Crippen LogP contribution in [0.1, 0.15) is 26.7 Å². The molecule has 2 amide bonds. The van der Waals surface area contributed by atoms with E-state index in [0.29, 0.717) is 17.1 Å². The lowest BCUT2D eigenvalue weighted by Gasteiger charge is -2.38. The van der Waals surface area contributed by atoms with Gasteiger partial charge in [-0.2, -0.15) is 0 Å². The second-order valence-electron chi connectivity index (χ2n) is 8.38. The number of hydrogen-bond acceptors (Lipinski definition) is 6. The molecule has 1 aromatic carbocycles. The molecule has 0 aromatic heterocycles. The number of aliphatic hydroxyl groups is 1. The molecular formula is C22H27ClN2O5S. The molecule has 3 fully saturated rings. The first-order chi connectivity index (χ1) is 14.9. The molecule has 3 heterocycles. The number of benzene rings is 1. The van der Waals surface area contributed by atoms with Gasteiger partial charge >= 0.3 is 5.97 Å². The van der Waals surface area contributed by atoms with Crippen molar-refractivity contribution in [3.05, 3.63) is 29.3 Å². The van der Waals surface area contributed by atoms with Crippen molar-refractivity contribution in [2.75, 3.05) is 25.1 Å². The van der Waals surface area contributed by atoms with E-state index in [4.69, 9.17) is 16.3 Å². The van der Waals surface area contributed by atoms with Crippen molar-refractivity contribution in [2.45, 2.75) is 42.7 Å². The molecule has 3 unspecified atom stereocenters. The Morgan fingerprint density at radius 3 is 2.81 bits per heavy atom. The zero-order valence-electron chi connectivity index (χ0n) is 17.5. The molecule has 4 rings (SSSR count). The van der Waals surface area contributed by atoms with Crippen molar-refractivity contribution in [2.24, 2.45) is 17.8 Å². The van der Waals surface area contributed by atoms with Crippen LogP contribution in [0, 0.1) is 17.8 Å². The molecule has 0 saturated carbocycles. The van der Waals surface area contributed by atoms with Gasteiger partial charge < -0.3 is 20.1 Å². The van der Waals surface area contributed by atoms with Gasteiger partial charge in [0.05, 0.1) is 33.9 Å². The zero-order chi connectivity index (χ0) is 22.3. The second kappa shape index (κ2) is 8.64. The molecule has 3 saturated heterocycles. The molecule has 3 aliphatic rings. The summed E-state index contributed by atoms with van der Waals surface area (Å²) in [4.78, 5) is 41.6. The van der Waals surface area contributed by atoms with Crippen LogP contribution in [-0.2, 0) is 19.1 Å². The number of carbonyl (C=O) groups is 3. The van der Waals surface area contributed by atoms with Crippen LogP contribution in [0.2, 0.25) is 5.02 Å². The number of likely N-dealkylation sites (tertiary alicyclic amines) is 1. The van der Waals surface area contributed by atoms with Gasteiger partial charge in [0.25, 0.3) is 0 Å². The first-order valence-corrected chi connectivity index (χ1v) is 11.9. The molecule has 168 valence electrons. The maximum atomic E-state index is 13.6. The van der Waals surface area contributed by atoms with Gasteiger partial charge in [0.15, 0.2) is 0 Å². The van der Waals surface area contributed by atoms with Crippen LogP contribution in [0.15, 0.2) is 24.3 Å². The van der Waals surface area contributed by atoms with Crippen molar-refractivity contribution in [1.29, 1.82) is 0 Å². The third kappa shape index (κ3) is 3.43. The van der Waals surface area contributed by atoms with Gasteiger partial charge in [-0.1, -0.05) is 30.7 Å². The zero-order valence-corrected chi connectivity index (χ0v) is 19.1. The fraction of sp³-hybridized carbons (Fsp3) is 0.591. The van der Waals surface area contributed by atoms with Crippen molar-refractivity contribution in [3.8, 4) is 0 Å². The van der Waals surface area contributed by atoms with Gasteiger partial charge in [-0.15, -0.1) is 11.8 Å². The SMILES string of the molecule is CCOC(=O)[C@@H]1[C@@H]2CC(C)C3(S2)C(C(=O)Nc2ccccc2Cl)N(CCCO)C(=O)[C@H]13. The Morgan fingerprint density at radius 1 is 1.39 bits per heavy atom. The number of thioether (sulfide) groups is 1. The number of anilines is 1. The largest absolute Gasteiger partial charge is 0.466 e. The Balaban J connectivity index is 1.73. The molecule has 6 atom stereocenters. The highest BCUT2D eigenvalue weighted by atomic mass is 35.5. The average Bonchev–Trinajstić information content (AvgIpc) is 3.32. The third-order valence-corrected chi connectivity index (χ3v) is 9.15. The van der Waals surface area contributed by atoms with Gasteiger partial charge in [0.2, 0.25) is 11.8 Å². The number of ether oxygens (including phenoxy) is 1. The fourth-order valence-electron chi connectivity index (χ4n) is 5.57. The van der Waals surface area contributed by atoms with E-state index in [0.717, 1.165) is 6.42 Å². The summed E-state index contributed by atoms with van der Waals surface area (Å²) in [6.45, 7) is 4.22. The molecule has 1 spiro atoms. The highest BCUT2D eigenvalue weighted by molar-refractivity contribution is 8.02. The number of rotatable bonds is 7. The first kappa shape index (κ1) is 22.4. The summed E-state index contributed by atoms with van der Waals surface area (Å²) in [6.07, 6.45) is 1.11. The Morgan fingerprint density at radius 2 is 2.13 bits per heavy atom. The van der Waals surface area contributed by atoms with Crippen LogP contribution in [0.4, 0.5) is 5.69 Å². The predicted molar refractivity (Wildman–Crippen MR) is 119 cm³/mol. The molecule has 1 aromatic rings. The number of carbonyl (C=O) groups excluding carboxylic acids is 3. The quantitative estimate of drug-likeness (QED) is 0.599. The fourth-order valence-corrected chi connectivity index (χ4v) is 8.16.